The van der Waals surface area contributed by atoms with Crippen molar-refractivity contribution in [2.75, 3.05) is 0 Å². The summed E-state index contributed by atoms with van der Waals surface area (Å²) in [4.78, 5) is 0. The lowest BCUT2D eigenvalue weighted by Crippen LogP contribution is -2.31. The first kappa shape index (κ1) is 26.0. The molecule has 168 valence electrons. The molecular formula is C26H52O2. The maximum absolute atomic E-state index is 9.46. The van der Waals surface area contributed by atoms with Crippen LogP contribution < -0.4 is 0 Å². The molecule has 3 rings (SSSR count). The summed E-state index contributed by atoms with van der Waals surface area (Å²) in [6.45, 7) is 20.3. The normalized spacial score (nSPS) is 26.7. The molecule has 2 N–H and O–H groups in total. The maximum atomic E-state index is 9.46. The molecule has 0 aromatic carbocycles. The molecule has 2 nitrogen and oxygen atoms in total. The third-order valence-electron chi connectivity index (χ3n) is 5.92. The summed E-state index contributed by atoms with van der Waals surface area (Å²) in [5, 5.41) is 18.5. The van der Waals surface area contributed by atoms with Crippen LogP contribution in [0.4, 0.5) is 0 Å². The quantitative estimate of drug-likeness (QED) is 0.523. The SMILES string of the molecule is CC(C)(C)CC1(O)CC1.CC(C)(C)CC1CC(O)C1.CC(C)(C)CC1CCC1. The van der Waals surface area contributed by atoms with Gasteiger partial charge < -0.3 is 10.2 Å². The lowest BCUT2D eigenvalue weighted by Gasteiger charge is -2.35. The first-order valence-electron chi connectivity index (χ1n) is 11.9. The zero-order valence-electron chi connectivity index (χ0n) is 20.7. The van der Waals surface area contributed by atoms with Crippen molar-refractivity contribution < 1.29 is 10.2 Å². The van der Waals surface area contributed by atoms with Gasteiger partial charge in [-0.25, -0.2) is 0 Å². The molecule has 28 heavy (non-hydrogen) atoms. The van der Waals surface area contributed by atoms with Crippen molar-refractivity contribution in [2.45, 2.75) is 138 Å². The van der Waals surface area contributed by atoms with Crippen molar-refractivity contribution >= 4 is 0 Å². The molecule has 0 bridgehead atoms. The molecule has 2 heteroatoms. The lowest BCUT2D eigenvalue weighted by atomic mass is 9.73. The Balaban J connectivity index is 0.000000210. The number of hydrogen-bond donors (Lipinski definition) is 2. The summed E-state index contributed by atoms with van der Waals surface area (Å²) >= 11 is 0. The van der Waals surface area contributed by atoms with E-state index in [4.69, 9.17) is 5.11 Å². The van der Waals surface area contributed by atoms with E-state index in [2.05, 4.69) is 62.3 Å². The molecular weight excluding hydrogens is 344 g/mol. The predicted octanol–water partition coefficient (Wildman–Crippen LogP) is 7.36. The van der Waals surface area contributed by atoms with E-state index < -0.39 is 0 Å². The Morgan fingerprint density at radius 1 is 0.714 bits per heavy atom. The summed E-state index contributed by atoms with van der Waals surface area (Å²) in [7, 11) is 0. The Bertz CT molecular complexity index is 429. The number of aliphatic hydroxyl groups excluding tert-OH is 1. The Morgan fingerprint density at radius 3 is 1.32 bits per heavy atom. The van der Waals surface area contributed by atoms with Crippen molar-refractivity contribution in [3.8, 4) is 0 Å². The molecule has 0 unspecified atom stereocenters. The molecule has 0 aromatic heterocycles. The monoisotopic (exact) mass is 396 g/mol. The number of rotatable bonds is 3. The van der Waals surface area contributed by atoms with Gasteiger partial charge in [-0.2, -0.15) is 0 Å². The van der Waals surface area contributed by atoms with Crippen LogP contribution in [0.3, 0.4) is 0 Å². The highest BCUT2D eigenvalue weighted by Crippen LogP contribution is 2.44. The summed E-state index contributed by atoms with van der Waals surface area (Å²) in [6, 6.07) is 0. The molecule has 0 radical (unpaired) electrons. The van der Waals surface area contributed by atoms with Crippen LogP contribution in [0.15, 0.2) is 0 Å². The molecule has 3 saturated carbocycles. The number of aliphatic hydroxyl groups is 2. The van der Waals surface area contributed by atoms with Gasteiger partial charge in [-0.05, 0) is 73.0 Å². The zero-order valence-corrected chi connectivity index (χ0v) is 20.7. The van der Waals surface area contributed by atoms with Gasteiger partial charge in [0.1, 0.15) is 0 Å². The van der Waals surface area contributed by atoms with E-state index in [0.29, 0.717) is 16.2 Å². The first-order valence-corrected chi connectivity index (χ1v) is 11.9. The van der Waals surface area contributed by atoms with Crippen LogP contribution in [0.1, 0.15) is 127 Å². The van der Waals surface area contributed by atoms with Gasteiger partial charge in [0, 0.05) is 0 Å². The first-order chi connectivity index (χ1) is 12.5. The van der Waals surface area contributed by atoms with Crippen molar-refractivity contribution in [3.05, 3.63) is 0 Å². The Hall–Kier alpha value is -0.0800. The molecule has 0 heterocycles. The van der Waals surface area contributed by atoms with Crippen molar-refractivity contribution in [1.82, 2.24) is 0 Å². The van der Waals surface area contributed by atoms with E-state index in [0.717, 1.165) is 43.9 Å². The summed E-state index contributed by atoms with van der Waals surface area (Å²) in [5.41, 5.74) is 1.05. The van der Waals surface area contributed by atoms with E-state index >= 15 is 0 Å². The fourth-order valence-electron chi connectivity index (χ4n) is 4.60. The smallest absolute Gasteiger partial charge is 0.0655 e. The standard InChI is InChI=1S/C9H18O.C9H18.C8H16O/c1-9(2,3)6-7-4-8(10)5-7;1-9(2,3)7-8-5-4-6-8;1-7(2,3)6-8(9)4-5-8/h7-8,10H,4-6H2,1-3H3;8H,4-7H2,1-3H3;9H,4-6H2,1-3H3. The van der Waals surface area contributed by atoms with Crippen LogP contribution in [0.2, 0.25) is 0 Å². The Labute approximate surface area is 176 Å². The van der Waals surface area contributed by atoms with Crippen molar-refractivity contribution in [1.29, 1.82) is 0 Å². The average molecular weight is 397 g/mol. The van der Waals surface area contributed by atoms with Crippen LogP contribution in [0.5, 0.6) is 0 Å². The van der Waals surface area contributed by atoms with E-state index in [-0.39, 0.29) is 11.7 Å². The van der Waals surface area contributed by atoms with Crippen LogP contribution in [0.25, 0.3) is 0 Å². The van der Waals surface area contributed by atoms with E-state index in [1.807, 2.05) is 0 Å². The van der Waals surface area contributed by atoms with Gasteiger partial charge in [-0.1, -0.05) is 81.6 Å². The fourth-order valence-corrected chi connectivity index (χ4v) is 4.60. The fraction of sp³-hybridized carbons (Fsp3) is 1.00. The van der Waals surface area contributed by atoms with Gasteiger partial charge in [0.15, 0.2) is 0 Å². The van der Waals surface area contributed by atoms with Crippen molar-refractivity contribution in [3.63, 3.8) is 0 Å². The molecule has 0 atom stereocenters. The minimum absolute atomic E-state index is 0.0207. The number of hydrogen-bond acceptors (Lipinski definition) is 2. The van der Waals surface area contributed by atoms with Crippen LogP contribution >= 0.6 is 0 Å². The molecule has 3 fully saturated rings. The lowest BCUT2D eigenvalue weighted by molar-refractivity contribution is 0.0244. The summed E-state index contributed by atoms with van der Waals surface area (Å²) < 4.78 is 0. The Kier molecular flexibility index (Phi) is 9.10. The minimum Gasteiger partial charge on any atom is -0.393 e. The van der Waals surface area contributed by atoms with Gasteiger partial charge in [0.25, 0.3) is 0 Å². The second kappa shape index (κ2) is 9.82. The second-order valence-electron chi connectivity index (χ2n) is 13.8. The van der Waals surface area contributed by atoms with E-state index in [1.165, 1.54) is 32.1 Å². The van der Waals surface area contributed by atoms with E-state index in [9.17, 15) is 5.11 Å². The molecule has 3 aliphatic carbocycles. The minimum atomic E-state index is -0.266. The van der Waals surface area contributed by atoms with Crippen LogP contribution in [-0.2, 0) is 0 Å². The second-order valence-corrected chi connectivity index (χ2v) is 13.8. The summed E-state index contributed by atoms with van der Waals surface area (Å²) in [5.74, 6) is 1.87. The van der Waals surface area contributed by atoms with Gasteiger partial charge in [0.05, 0.1) is 11.7 Å². The highest BCUT2D eigenvalue weighted by atomic mass is 16.3. The predicted molar refractivity (Wildman–Crippen MR) is 122 cm³/mol. The highest BCUT2D eigenvalue weighted by molar-refractivity contribution is 4.96. The average Bonchev–Trinajstić information content (AvgIpc) is 3.06. The van der Waals surface area contributed by atoms with Crippen LogP contribution in [0, 0.1) is 28.1 Å². The third kappa shape index (κ3) is 13.2. The maximum Gasteiger partial charge on any atom is 0.0655 e. The molecule has 0 spiro atoms. The van der Waals surface area contributed by atoms with Crippen molar-refractivity contribution in [2.24, 2.45) is 28.1 Å². The van der Waals surface area contributed by atoms with Crippen LogP contribution in [-0.4, -0.2) is 21.9 Å². The topological polar surface area (TPSA) is 40.5 Å². The zero-order chi connectivity index (χ0) is 21.8. The molecule has 3 aliphatic rings. The highest BCUT2D eigenvalue weighted by Gasteiger charge is 2.42. The molecule has 0 saturated heterocycles. The van der Waals surface area contributed by atoms with E-state index in [1.54, 1.807) is 0 Å². The van der Waals surface area contributed by atoms with Gasteiger partial charge in [-0.15, -0.1) is 0 Å². The largest absolute Gasteiger partial charge is 0.393 e. The third-order valence-corrected chi connectivity index (χ3v) is 5.92. The molecule has 0 aliphatic heterocycles. The van der Waals surface area contributed by atoms with Gasteiger partial charge >= 0.3 is 0 Å². The summed E-state index contributed by atoms with van der Waals surface area (Å²) in [6.07, 6.45) is 12.3. The van der Waals surface area contributed by atoms with Gasteiger partial charge in [0.2, 0.25) is 0 Å². The molecule has 0 amide bonds. The molecule has 0 aromatic rings. The van der Waals surface area contributed by atoms with Gasteiger partial charge in [-0.3, -0.25) is 0 Å². The Morgan fingerprint density at radius 2 is 1.14 bits per heavy atom.